The smallest absolute Gasteiger partial charge is 0.240 e. The molecule has 0 bridgehead atoms. The van der Waals surface area contributed by atoms with Crippen molar-refractivity contribution in [3.05, 3.63) is 48.2 Å². The molecule has 28 heavy (non-hydrogen) atoms. The first-order valence-electron chi connectivity index (χ1n) is 8.82. The first-order chi connectivity index (χ1) is 13.2. The van der Waals surface area contributed by atoms with Gasteiger partial charge in [0.25, 0.3) is 0 Å². The van der Waals surface area contributed by atoms with E-state index in [-0.39, 0.29) is 28.5 Å². The summed E-state index contributed by atoms with van der Waals surface area (Å²) in [5, 5.41) is 0. The molecular formula is C19H21F2N3O3S. The fourth-order valence-electron chi connectivity index (χ4n) is 3.38. The molecule has 1 amide bonds. The van der Waals surface area contributed by atoms with Gasteiger partial charge < -0.3 is 4.90 Å². The summed E-state index contributed by atoms with van der Waals surface area (Å²) in [6, 6.07) is 5.95. The molecule has 6 nitrogen and oxygen atoms in total. The average Bonchev–Trinajstić information content (AvgIpc) is 3.08. The summed E-state index contributed by atoms with van der Waals surface area (Å²) in [5.74, 6) is -1.79. The van der Waals surface area contributed by atoms with Crippen molar-refractivity contribution in [2.75, 3.05) is 14.1 Å². The van der Waals surface area contributed by atoms with Crippen LogP contribution in [-0.4, -0.2) is 44.3 Å². The van der Waals surface area contributed by atoms with E-state index in [4.69, 9.17) is 0 Å². The topological polar surface area (TPSA) is 79.4 Å². The van der Waals surface area contributed by atoms with Gasteiger partial charge in [0, 0.05) is 37.7 Å². The van der Waals surface area contributed by atoms with E-state index in [1.165, 1.54) is 29.2 Å². The molecule has 2 aromatic rings. The van der Waals surface area contributed by atoms with Gasteiger partial charge in [0.15, 0.2) is 5.82 Å². The highest BCUT2D eigenvalue weighted by Crippen LogP contribution is 2.28. The van der Waals surface area contributed by atoms with Gasteiger partial charge >= 0.3 is 0 Å². The molecule has 1 aliphatic rings. The lowest BCUT2D eigenvalue weighted by molar-refractivity contribution is -0.132. The quantitative estimate of drug-likeness (QED) is 0.823. The van der Waals surface area contributed by atoms with Crippen molar-refractivity contribution in [3.8, 4) is 11.3 Å². The molecule has 0 saturated heterocycles. The number of nitrogens with one attached hydrogen (secondary N) is 1. The minimum atomic E-state index is -3.78. The maximum atomic E-state index is 13.8. The number of hydrogen-bond acceptors (Lipinski definition) is 4. The van der Waals surface area contributed by atoms with Gasteiger partial charge in [0.2, 0.25) is 15.9 Å². The Morgan fingerprint density at radius 2 is 1.86 bits per heavy atom. The fraction of sp³-hybridized carbons (Fsp3) is 0.368. The molecule has 3 rings (SSSR count). The van der Waals surface area contributed by atoms with Crippen LogP contribution < -0.4 is 4.72 Å². The summed E-state index contributed by atoms with van der Waals surface area (Å²) < 4.78 is 54.7. The molecule has 1 heterocycles. The third-order valence-electron chi connectivity index (χ3n) is 4.79. The zero-order chi connectivity index (χ0) is 20.5. The Bertz CT molecular complexity index is 978. The molecular weight excluding hydrogens is 388 g/mol. The van der Waals surface area contributed by atoms with Crippen LogP contribution in [0.1, 0.15) is 19.3 Å². The highest BCUT2D eigenvalue weighted by Gasteiger charge is 2.33. The predicted molar refractivity (Wildman–Crippen MR) is 99.7 cm³/mol. The molecule has 1 aromatic carbocycles. The van der Waals surface area contributed by atoms with Crippen molar-refractivity contribution in [2.24, 2.45) is 5.92 Å². The Balaban J connectivity index is 1.72. The Kier molecular flexibility index (Phi) is 5.76. The third-order valence-corrected chi connectivity index (χ3v) is 6.33. The van der Waals surface area contributed by atoms with Gasteiger partial charge in [-0.25, -0.2) is 21.9 Å². The van der Waals surface area contributed by atoms with Crippen LogP contribution in [0.15, 0.2) is 41.4 Å². The van der Waals surface area contributed by atoms with Crippen molar-refractivity contribution in [1.29, 1.82) is 0 Å². The van der Waals surface area contributed by atoms with E-state index in [1.807, 2.05) is 0 Å². The number of carbonyl (C=O) groups is 1. The van der Waals surface area contributed by atoms with Crippen LogP contribution in [0, 0.1) is 17.6 Å². The lowest BCUT2D eigenvalue weighted by Gasteiger charge is -2.17. The molecule has 150 valence electrons. The standard InChI is InChI=1S/C19H21F2N3O3S/c1-24(2)19(25)13-3-6-15(9-13)23-28(26,27)16-7-4-12(5-8-16)18-17(21)10-14(20)11-22-18/h4-5,7-8,10-11,13,15,23H,3,6,9H2,1-2H3. The second kappa shape index (κ2) is 7.92. The number of amides is 1. The maximum Gasteiger partial charge on any atom is 0.240 e. The van der Waals surface area contributed by atoms with E-state index >= 15 is 0 Å². The van der Waals surface area contributed by atoms with Gasteiger partial charge in [-0.1, -0.05) is 12.1 Å². The van der Waals surface area contributed by atoms with E-state index in [1.54, 1.807) is 14.1 Å². The van der Waals surface area contributed by atoms with Crippen molar-refractivity contribution >= 4 is 15.9 Å². The van der Waals surface area contributed by atoms with Crippen LogP contribution >= 0.6 is 0 Å². The molecule has 0 radical (unpaired) electrons. The average molecular weight is 409 g/mol. The van der Waals surface area contributed by atoms with Crippen LogP contribution in [0.2, 0.25) is 0 Å². The lowest BCUT2D eigenvalue weighted by Crippen LogP contribution is -2.34. The second-order valence-electron chi connectivity index (χ2n) is 7.07. The highest BCUT2D eigenvalue weighted by atomic mass is 32.2. The number of sulfonamides is 1. The molecule has 1 aromatic heterocycles. The number of benzene rings is 1. The largest absolute Gasteiger partial charge is 0.349 e. The molecule has 9 heteroatoms. The van der Waals surface area contributed by atoms with Crippen molar-refractivity contribution < 1.29 is 22.0 Å². The van der Waals surface area contributed by atoms with Crippen molar-refractivity contribution in [2.45, 2.75) is 30.2 Å². The molecule has 0 aliphatic heterocycles. The summed E-state index contributed by atoms with van der Waals surface area (Å²) in [6.45, 7) is 0. The zero-order valence-electron chi connectivity index (χ0n) is 15.5. The predicted octanol–water partition coefficient (Wildman–Crippen LogP) is 2.56. The molecule has 2 unspecified atom stereocenters. The number of aromatic nitrogens is 1. The minimum Gasteiger partial charge on any atom is -0.349 e. The SMILES string of the molecule is CN(C)C(=O)C1CCC(NS(=O)(=O)c2ccc(-c3ncc(F)cc3F)cc2)C1. The summed E-state index contributed by atoms with van der Waals surface area (Å²) in [5.41, 5.74) is 0.285. The van der Waals surface area contributed by atoms with E-state index in [9.17, 15) is 22.0 Å². The minimum absolute atomic E-state index is 0.000115. The highest BCUT2D eigenvalue weighted by molar-refractivity contribution is 7.89. The second-order valence-corrected chi connectivity index (χ2v) is 8.78. The van der Waals surface area contributed by atoms with Gasteiger partial charge in [-0.15, -0.1) is 0 Å². The normalized spacial score (nSPS) is 19.6. The Hall–Kier alpha value is -2.39. The molecule has 2 atom stereocenters. The van der Waals surface area contributed by atoms with E-state index < -0.39 is 21.7 Å². The van der Waals surface area contributed by atoms with E-state index in [2.05, 4.69) is 9.71 Å². The van der Waals surface area contributed by atoms with Crippen LogP contribution in [0.3, 0.4) is 0 Å². The zero-order valence-corrected chi connectivity index (χ0v) is 16.3. The lowest BCUT2D eigenvalue weighted by atomic mass is 10.1. The van der Waals surface area contributed by atoms with Gasteiger partial charge in [-0.2, -0.15) is 0 Å². The summed E-state index contributed by atoms with van der Waals surface area (Å²) in [7, 11) is -0.416. The Morgan fingerprint density at radius 3 is 2.46 bits per heavy atom. The maximum absolute atomic E-state index is 13.8. The summed E-state index contributed by atoms with van der Waals surface area (Å²) in [6.07, 6.45) is 2.58. The molecule has 1 N–H and O–H groups in total. The number of pyridine rings is 1. The van der Waals surface area contributed by atoms with Crippen LogP contribution in [0.25, 0.3) is 11.3 Å². The molecule has 0 spiro atoms. The molecule has 1 aliphatic carbocycles. The van der Waals surface area contributed by atoms with Crippen LogP contribution in [-0.2, 0) is 14.8 Å². The first-order valence-corrected chi connectivity index (χ1v) is 10.3. The number of rotatable bonds is 5. The number of carbonyl (C=O) groups excluding carboxylic acids is 1. The fourth-order valence-corrected chi connectivity index (χ4v) is 4.67. The van der Waals surface area contributed by atoms with E-state index in [0.717, 1.165) is 12.3 Å². The Labute approximate surface area is 162 Å². The third kappa shape index (κ3) is 4.36. The molecule has 1 fully saturated rings. The first kappa shape index (κ1) is 20.3. The van der Waals surface area contributed by atoms with Crippen molar-refractivity contribution in [1.82, 2.24) is 14.6 Å². The van der Waals surface area contributed by atoms with Crippen LogP contribution in [0.5, 0.6) is 0 Å². The van der Waals surface area contributed by atoms with Gasteiger partial charge in [-0.05, 0) is 31.4 Å². The monoisotopic (exact) mass is 409 g/mol. The van der Waals surface area contributed by atoms with Gasteiger partial charge in [0.05, 0.1) is 11.1 Å². The number of nitrogens with zero attached hydrogens (tertiary/aromatic N) is 2. The van der Waals surface area contributed by atoms with Crippen molar-refractivity contribution in [3.63, 3.8) is 0 Å². The molecule has 1 saturated carbocycles. The van der Waals surface area contributed by atoms with Gasteiger partial charge in [0.1, 0.15) is 11.5 Å². The summed E-state index contributed by atoms with van der Waals surface area (Å²) in [4.78, 5) is 17.3. The van der Waals surface area contributed by atoms with Crippen LogP contribution in [0.4, 0.5) is 8.78 Å². The number of hydrogen-bond donors (Lipinski definition) is 1. The number of halogens is 2. The van der Waals surface area contributed by atoms with Gasteiger partial charge in [-0.3, -0.25) is 9.78 Å². The van der Waals surface area contributed by atoms with E-state index in [0.29, 0.717) is 24.8 Å². The summed E-state index contributed by atoms with van der Waals surface area (Å²) >= 11 is 0. The Morgan fingerprint density at radius 1 is 1.18 bits per heavy atom.